The van der Waals surface area contributed by atoms with Gasteiger partial charge in [-0.3, -0.25) is 4.79 Å². The van der Waals surface area contributed by atoms with Gasteiger partial charge in [0.15, 0.2) is 5.82 Å². The number of nitrogens with two attached hydrogens (primary N) is 1. The van der Waals surface area contributed by atoms with E-state index < -0.39 is 0 Å². The summed E-state index contributed by atoms with van der Waals surface area (Å²) in [5.74, 6) is 6.58. The second kappa shape index (κ2) is 7.37. The summed E-state index contributed by atoms with van der Waals surface area (Å²) in [6, 6.07) is 16.4. The van der Waals surface area contributed by atoms with Crippen LogP contribution in [0.1, 0.15) is 0 Å². The van der Waals surface area contributed by atoms with Gasteiger partial charge in [0.2, 0.25) is 11.1 Å². The highest BCUT2D eigenvalue weighted by Crippen LogP contribution is 2.21. The lowest BCUT2D eigenvalue weighted by Crippen LogP contribution is -2.16. The minimum absolute atomic E-state index is 0.161. The van der Waals surface area contributed by atoms with Crippen molar-refractivity contribution in [1.29, 1.82) is 0 Å². The van der Waals surface area contributed by atoms with Crippen LogP contribution in [-0.2, 0) is 4.79 Å². The number of nitrogen functional groups attached to an aromatic ring is 1. The minimum atomic E-state index is -0.161. The zero-order valence-corrected chi connectivity index (χ0v) is 14.1. The average Bonchev–Trinajstić information content (AvgIpc) is 2.97. The molecule has 1 aromatic heterocycles. The Hall–Kier alpha value is -2.51. The lowest BCUT2D eigenvalue weighted by atomic mass is 10.2. The predicted molar refractivity (Wildman–Crippen MR) is 96.4 cm³/mol. The molecule has 0 saturated heterocycles. The van der Waals surface area contributed by atoms with Crippen LogP contribution in [0.3, 0.4) is 0 Å². The van der Waals surface area contributed by atoms with Crippen LogP contribution in [0.25, 0.3) is 11.4 Å². The van der Waals surface area contributed by atoms with Crippen molar-refractivity contribution in [3.8, 4) is 11.4 Å². The average molecular weight is 360 g/mol. The van der Waals surface area contributed by atoms with Crippen molar-refractivity contribution >= 4 is 35.0 Å². The fraction of sp³-hybridized carbons (Fsp3) is 0.0625. The molecule has 1 amide bonds. The number of hydrogen-bond acceptors (Lipinski definition) is 5. The van der Waals surface area contributed by atoms with Gasteiger partial charge in [0, 0.05) is 16.3 Å². The van der Waals surface area contributed by atoms with E-state index >= 15 is 0 Å². The second-order valence-electron chi connectivity index (χ2n) is 4.89. The van der Waals surface area contributed by atoms with Gasteiger partial charge < -0.3 is 11.2 Å². The summed E-state index contributed by atoms with van der Waals surface area (Å²) in [6.07, 6.45) is 0. The van der Waals surface area contributed by atoms with Gasteiger partial charge in [-0.15, -0.1) is 10.2 Å². The molecule has 3 aromatic rings. The number of anilines is 1. The van der Waals surface area contributed by atoms with Crippen molar-refractivity contribution in [1.82, 2.24) is 14.9 Å². The lowest BCUT2D eigenvalue weighted by Gasteiger charge is -2.05. The largest absolute Gasteiger partial charge is 0.335 e. The first-order chi connectivity index (χ1) is 11.6. The van der Waals surface area contributed by atoms with E-state index in [1.807, 2.05) is 30.3 Å². The van der Waals surface area contributed by atoms with Crippen LogP contribution in [0.2, 0.25) is 5.02 Å². The molecule has 0 bridgehead atoms. The smallest absolute Gasteiger partial charge is 0.234 e. The Bertz CT molecular complexity index is 835. The Morgan fingerprint density at radius 1 is 1.12 bits per heavy atom. The van der Waals surface area contributed by atoms with Crippen LogP contribution < -0.4 is 11.2 Å². The third-order valence-electron chi connectivity index (χ3n) is 3.16. The van der Waals surface area contributed by atoms with E-state index in [-0.39, 0.29) is 11.7 Å². The molecule has 3 rings (SSSR count). The maximum absolute atomic E-state index is 12.0. The molecule has 0 unspecified atom stereocenters. The third-order valence-corrected chi connectivity index (χ3v) is 4.35. The zero-order valence-electron chi connectivity index (χ0n) is 12.5. The number of rotatable bonds is 5. The van der Waals surface area contributed by atoms with Crippen molar-refractivity contribution in [2.75, 3.05) is 16.9 Å². The molecular weight excluding hydrogens is 346 g/mol. The van der Waals surface area contributed by atoms with Gasteiger partial charge in [0.25, 0.3) is 0 Å². The molecule has 0 radical (unpaired) electrons. The summed E-state index contributed by atoms with van der Waals surface area (Å²) in [6.45, 7) is 0. The second-order valence-corrected chi connectivity index (χ2v) is 6.26. The van der Waals surface area contributed by atoms with Crippen LogP contribution >= 0.6 is 23.4 Å². The Kier molecular flexibility index (Phi) is 5.02. The van der Waals surface area contributed by atoms with Crippen molar-refractivity contribution in [2.45, 2.75) is 5.16 Å². The van der Waals surface area contributed by atoms with E-state index in [0.29, 0.717) is 21.7 Å². The number of benzene rings is 2. The molecule has 0 atom stereocenters. The number of halogens is 1. The Labute approximate surface area is 148 Å². The first kappa shape index (κ1) is 16.4. The fourth-order valence-electron chi connectivity index (χ4n) is 2.02. The maximum Gasteiger partial charge on any atom is 0.234 e. The molecule has 8 heteroatoms. The fourth-order valence-corrected chi connectivity index (χ4v) is 2.80. The van der Waals surface area contributed by atoms with Gasteiger partial charge in [-0.05, 0) is 24.3 Å². The number of hydrogen-bond donors (Lipinski definition) is 2. The molecule has 0 fully saturated rings. The molecule has 0 aliphatic carbocycles. The molecule has 2 aromatic carbocycles. The van der Waals surface area contributed by atoms with Gasteiger partial charge >= 0.3 is 0 Å². The van der Waals surface area contributed by atoms with Gasteiger partial charge in [-0.25, -0.2) is 4.68 Å². The highest BCUT2D eigenvalue weighted by atomic mass is 35.5. The lowest BCUT2D eigenvalue weighted by molar-refractivity contribution is -0.113. The van der Waals surface area contributed by atoms with Crippen LogP contribution in [0.5, 0.6) is 0 Å². The standard InChI is InChI=1S/C16H14ClN5OS/c17-12-6-8-13(9-7-12)19-14(23)10-24-16-21-20-15(22(16)18)11-4-2-1-3-5-11/h1-9H,10,18H2,(H,19,23). The number of nitrogens with one attached hydrogen (secondary N) is 1. The summed E-state index contributed by atoms with van der Waals surface area (Å²) >= 11 is 7.03. The summed E-state index contributed by atoms with van der Waals surface area (Å²) in [7, 11) is 0. The van der Waals surface area contributed by atoms with E-state index in [1.54, 1.807) is 24.3 Å². The van der Waals surface area contributed by atoms with Gasteiger partial charge in [-0.2, -0.15) is 0 Å². The van der Waals surface area contributed by atoms with Gasteiger partial charge in [0.05, 0.1) is 5.75 Å². The number of carbonyl (C=O) groups is 1. The molecule has 0 aliphatic rings. The molecule has 0 aliphatic heterocycles. The van der Waals surface area contributed by atoms with Crippen LogP contribution in [0.15, 0.2) is 59.8 Å². The Morgan fingerprint density at radius 2 is 1.83 bits per heavy atom. The number of amides is 1. The topological polar surface area (TPSA) is 85.8 Å². The maximum atomic E-state index is 12.0. The predicted octanol–water partition coefficient (Wildman–Crippen LogP) is 3.04. The normalized spacial score (nSPS) is 10.5. The Morgan fingerprint density at radius 3 is 2.54 bits per heavy atom. The number of carbonyl (C=O) groups excluding carboxylic acids is 1. The van der Waals surface area contributed by atoms with Crippen molar-refractivity contribution in [3.05, 3.63) is 59.6 Å². The summed E-state index contributed by atoms with van der Waals surface area (Å²) in [5, 5.41) is 12.0. The first-order valence-electron chi connectivity index (χ1n) is 7.07. The molecule has 24 heavy (non-hydrogen) atoms. The molecular formula is C16H14ClN5OS. The molecule has 6 nitrogen and oxygen atoms in total. The monoisotopic (exact) mass is 359 g/mol. The third kappa shape index (κ3) is 3.87. The van der Waals surface area contributed by atoms with Gasteiger partial charge in [-0.1, -0.05) is 53.7 Å². The van der Waals surface area contributed by atoms with Crippen molar-refractivity contribution in [3.63, 3.8) is 0 Å². The summed E-state index contributed by atoms with van der Waals surface area (Å²) in [4.78, 5) is 12.0. The van der Waals surface area contributed by atoms with Crippen LogP contribution in [-0.4, -0.2) is 26.5 Å². The number of thioether (sulfide) groups is 1. The van der Waals surface area contributed by atoms with Gasteiger partial charge in [0.1, 0.15) is 0 Å². The van der Waals surface area contributed by atoms with E-state index in [9.17, 15) is 4.79 Å². The van der Waals surface area contributed by atoms with E-state index in [4.69, 9.17) is 17.4 Å². The first-order valence-corrected chi connectivity index (χ1v) is 8.44. The number of aromatic nitrogens is 3. The Balaban J connectivity index is 1.62. The highest BCUT2D eigenvalue weighted by molar-refractivity contribution is 7.99. The van der Waals surface area contributed by atoms with Crippen molar-refractivity contribution < 1.29 is 4.79 Å². The molecule has 3 N–H and O–H groups in total. The highest BCUT2D eigenvalue weighted by Gasteiger charge is 2.13. The number of nitrogens with zero attached hydrogens (tertiary/aromatic N) is 3. The minimum Gasteiger partial charge on any atom is -0.335 e. The molecule has 0 saturated carbocycles. The molecule has 1 heterocycles. The van der Waals surface area contributed by atoms with E-state index in [2.05, 4.69) is 15.5 Å². The SMILES string of the molecule is Nn1c(SCC(=O)Nc2ccc(Cl)cc2)nnc1-c1ccccc1. The van der Waals surface area contributed by atoms with E-state index in [0.717, 1.165) is 5.56 Å². The quantitative estimate of drug-likeness (QED) is 0.540. The van der Waals surface area contributed by atoms with Crippen molar-refractivity contribution in [2.24, 2.45) is 0 Å². The molecule has 0 spiro atoms. The summed E-state index contributed by atoms with van der Waals surface area (Å²) in [5.41, 5.74) is 1.55. The van der Waals surface area contributed by atoms with Crippen LogP contribution in [0, 0.1) is 0 Å². The summed E-state index contributed by atoms with van der Waals surface area (Å²) < 4.78 is 1.38. The zero-order chi connectivity index (χ0) is 16.9. The van der Waals surface area contributed by atoms with E-state index in [1.165, 1.54) is 16.4 Å². The molecule has 122 valence electrons. The van der Waals surface area contributed by atoms with Crippen LogP contribution in [0.4, 0.5) is 5.69 Å².